The molecule has 1 aromatic rings. The zero-order valence-corrected chi connectivity index (χ0v) is 9.22. The quantitative estimate of drug-likeness (QED) is 0.682. The van der Waals surface area contributed by atoms with Crippen LogP contribution in [0.1, 0.15) is 25.6 Å². The highest BCUT2D eigenvalue weighted by molar-refractivity contribution is 5.32. The summed E-state index contributed by atoms with van der Waals surface area (Å²) in [5.74, 6) is 2.35. The van der Waals surface area contributed by atoms with E-state index >= 15 is 0 Å². The molecule has 0 spiro atoms. The molecule has 5 nitrogen and oxygen atoms in total. The summed E-state index contributed by atoms with van der Waals surface area (Å²) in [7, 11) is 0. The fourth-order valence-electron chi connectivity index (χ4n) is 3.02. The molecule has 0 radical (unpaired) electrons. The van der Waals surface area contributed by atoms with Gasteiger partial charge in [0.15, 0.2) is 0 Å². The van der Waals surface area contributed by atoms with Gasteiger partial charge in [0.2, 0.25) is 11.9 Å². The number of hydrogen-bond donors (Lipinski definition) is 2. The number of nitrogens with zero attached hydrogens (tertiary/aromatic N) is 3. The maximum atomic E-state index is 5.62. The molecule has 84 valence electrons. The molecule has 0 aromatic carbocycles. The Bertz CT molecular complexity index is 449. The molecule has 0 unspecified atom stereocenters. The van der Waals surface area contributed by atoms with E-state index < -0.39 is 0 Å². The summed E-state index contributed by atoms with van der Waals surface area (Å²) in [5.41, 5.74) is 11.2. The molecule has 2 aliphatic carbocycles. The summed E-state index contributed by atoms with van der Waals surface area (Å²) in [6.45, 7) is 2.19. The van der Waals surface area contributed by atoms with Gasteiger partial charge in [0.25, 0.3) is 0 Å². The summed E-state index contributed by atoms with van der Waals surface area (Å²) in [6, 6.07) is 0. The van der Waals surface area contributed by atoms with Crippen molar-refractivity contribution < 1.29 is 0 Å². The monoisotopic (exact) mass is 217 g/mol. The van der Waals surface area contributed by atoms with Crippen molar-refractivity contribution in [2.75, 3.05) is 11.5 Å². The van der Waals surface area contributed by atoms with Gasteiger partial charge in [-0.15, -0.1) is 0 Å². The van der Waals surface area contributed by atoms with Crippen LogP contribution < -0.4 is 11.5 Å². The van der Waals surface area contributed by atoms with Crippen molar-refractivity contribution in [2.45, 2.75) is 25.2 Å². The minimum atomic E-state index is -0.0232. The lowest BCUT2D eigenvalue weighted by molar-refractivity contribution is 0.372. The Labute approximate surface area is 94.0 Å². The van der Waals surface area contributed by atoms with Crippen LogP contribution >= 0.6 is 0 Å². The first-order chi connectivity index (χ1) is 7.58. The molecular formula is C11H15N5. The second-order valence-corrected chi connectivity index (χ2v) is 4.98. The number of aromatic nitrogens is 3. The lowest BCUT2D eigenvalue weighted by Gasteiger charge is -2.29. The Morgan fingerprint density at radius 1 is 1.19 bits per heavy atom. The molecule has 2 bridgehead atoms. The highest BCUT2D eigenvalue weighted by Crippen LogP contribution is 2.52. The number of hydrogen-bond acceptors (Lipinski definition) is 5. The summed E-state index contributed by atoms with van der Waals surface area (Å²) >= 11 is 0. The van der Waals surface area contributed by atoms with Crippen molar-refractivity contribution in [3.8, 4) is 0 Å². The smallest absolute Gasteiger partial charge is 0.225 e. The fourth-order valence-corrected chi connectivity index (χ4v) is 3.02. The normalized spacial score (nSPS) is 35.8. The van der Waals surface area contributed by atoms with E-state index in [2.05, 4.69) is 34.0 Å². The fraction of sp³-hybridized carbons (Fsp3) is 0.545. The van der Waals surface area contributed by atoms with Crippen LogP contribution in [0.5, 0.6) is 0 Å². The maximum Gasteiger partial charge on any atom is 0.225 e. The number of fused-ring (bicyclic) bond motifs is 2. The van der Waals surface area contributed by atoms with Crippen molar-refractivity contribution in [3.63, 3.8) is 0 Å². The van der Waals surface area contributed by atoms with Crippen LogP contribution in [0.4, 0.5) is 11.9 Å². The van der Waals surface area contributed by atoms with Gasteiger partial charge in [-0.05, 0) is 24.7 Å². The van der Waals surface area contributed by atoms with Gasteiger partial charge in [0.05, 0.1) is 0 Å². The standard InChI is InChI=1S/C11H15N5/c1-11(5-6-2-3-7(11)4-6)8-14-9(12)16-10(13)15-8/h2-3,6-7H,4-5H2,1H3,(H4,12,13,14,15,16)/t6-,7+,11-/m1/s1. The van der Waals surface area contributed by atoms with Crippen molar-refractivity contribution in [2.24, 2.45) is 11.8 Å². The summed E-state index contributed by atoms with van der Waals surface area (Å²) in [6.07, 6.45) is 6.84. The summed E-state index contributed by atoms with van der Waals surface area (Å²) in [4.78, 5) is 12.3. The van der Waals surface area contributed by atoms with Crippen molar-refractivity contribution in [1.29, 1.82) is 0 Å². The second kappa shape index (κ2) is 2.93. The number of nitrogen functional groups attached to an aromatic ring is 2. The molecule has 3 atom stereocenters. The Hall–Kier alpha value is -1.65. The molecule has 3 rings (SSSR count). The number of rotatable bonds is 1. The number of nitrogens with two attached hydrogens (primary N) is 2. The van der Waals surface area contributed by atoms with Crippen LogP contribution in [-0.4, -0.2) is 15.0 Å². The van der Waals surface area contributed by atoms with Crippen LogP contribution in [-0.2, 0) is 5.41 Å². The van der Waals surface area contributed by atoms with E-state index in [4.69, 9.17) is 11.5 Å². The van der Waals surface area contributed by atoms with Gasteiger partial charge in [-0.3, -0.25) is 0 Å². The van der Waals surface area contributed by atoms with Gasteiger partial charge in [-0.1, -0.05) is 19.1 Å². The molecule has 1 fully saturated rings. The van der Waals surface area contributed by atoms with E-state index in [1.165, 1.54) is 6.42 Å². The van der Waals surface area contributed by atoms with Gasteiger partial charge < -0.3 is 11.5 Å². The molecule has 1 saturated carbocycles. The van der Waals surface area contributed by atoms with E-state index in [0.29, 0.717) is 11.8 Å². The second-order valence-electron chi connectivity index (χ2n) is 4.98. The third-order valence-electron chi connectivity index (χ3n) is 3.86. The first-order valence-electron chi connectivity index (χ1n) is 5.54. The van der Waals surface area contributed by atoms with Gasteiger partial charge in [-0.2, -0.15) is 15.0 Å². The van der Waals surface area contributed by atoms with Crippen LogP contribution in [0.15, 0.2) is 12.2 Å². The Kier molecular flexibility index (Phi) is 1.75. The third-order valence-corrected chi connectivity index (χ3v) is 3.86. The highest BCUT2D eigenvalue weighted by atomic mass is 15.1. The van der Waals surface area contributed by atoms with Gasteiger partial charge in [0.1, 0.15) is 5.82 Å². The molecule has 0 aliphatic heterocycles. The topological polar surface area (TPSA) is 90.7 Å². The van der Waals surface area contributed by atoms with Crippen LogP contribution in [0, 0.1) is 11.8 Å². The number of anilines is 2. The van der Waals surface area contributed by atoms with Crippen molar-refractivity contribution in [3.05, 3.63) is 18.0 Å². The average Bonchev–Trinajstić information content (AvgIpc) is 2.76. The van der Waals surface area contributed by atoms with Gasteiger partial charge in [0, 0.05) is 5.41 Å². The predicted octanol–water partition coefficient (Wildman–Crippen LogP) is 0.890. The summed E-state index contributed by atoms with van der Waals surface area (Å²) in [5, 5.41) is 0. The van der Waals surface area contributed by atoms with Gasteiger partial charge >= 0.3 is 0 Å². The molecule has 1 aromatic heterocycles. The molecular weight excluding hydrogens is 202 g/mol. The van der Waals surface area contributed by atoms with Crippen LogP contribution in [0.25, 0.3) is 0 Å². The van der Waals surface area contributed by atoms with Gasteiger partial charge in [-0.25, -0.2) is 0 Å². The molecule has 0 saturated heterocycles. The minimum absolute atomic E-state index is 0.0232. The zero-order chi connectivity index (χ0) is 11.3. The van der Waals surface area contributed by atoms with E-state index in [1.54, 1.807) is 0 Å². The predicted molar refractivity (Wildman–Crippen MR) is 61.4 cm³/mol. The first-order valence-corrected chi connectivity index (χ1v) is 5.54. The highest BCUT2D eigenvalue weighted by Gasteiger charge is 2.48. The average molecular weight is 217 g/mol. The van der Waals surface area contributed by atoms with Crippen LogP contribution in [0.3, 0.4) is 0 Å². The maximum absolute atomic E-state index is 5.62. The zero-order valence-electron chi connectivity index (χ0n) is 9.22. The largest absolute Gasteiger partial charge is 0.368 e. The first kappa shape index (κ1) is 9.57. The molecule has 0 amide bonds. The van der Waals surface area contributed by atoms with E-state index in [0.717, 1.165) is 12.2 Å². The van der Waals surface area contributed by atoms with E-state index in [1.807, 2.05) is 0 Å². The SMILES string of the molecule is C[C@@]1(c2nc(N)nc(N)n2)C[C@@H]2C=C[C@H]1C2. The Morgan fingerprint density at radius 3 is 2.38 bits per heavy atom. The van der Waals surface area contributed by atoms with Crippen molar-refractivity contribution in [1.82, 2.24) is 15.0 Å². The molecule has 2 aliphatic rings. The molecule has 4 N–H and O–H groups in total. The van der Waals surface area contributed by atoms with Crippen LogP contribution in [0.2, 0.25) is 0 Å². The Morgan fingerprint density at radius 2 is 1.88 bits per heavy atom. The lowest BCUT2D eigenvalue weighted by Crippen LogP contribution is -2.30. The van der Waals surface area contributed by atoms with E-state index in [9.17, 15) is 0 Å². The summed E-state index contributed by atoms with van der Waals surface area (Å²) < 4.78 is 0. The Balaban J connectivity index is 2.06. The minimum Gasteiger partial charge on any atom is -0.368 e. The van der Waals surface area contributed by atoms with Crippen molar-refractivity contribution >= 4 is 11.9 Å². The lowest BCUT2D eigenvalue weighted by atomic mass is 9.77. The third kappa shape index (κ3) is 1.20. The molecule has 1 heterocycles. The number of allylic oxidation sites excluding steroid dienone is 2. The molecule has 16 heavy (non-hydrogen) atoms. The van der Waals surface area contributed by atoms with E-state index in [-0.39, 0.29) is 17.3 Å². The molecule has 5 heteroatoms.